The van der Waals surface area contributed by atoms with Crippen LogP contribution in [-0.2, 0) is 6.42 Å². The quantitative estimate of drug-likeness (QED) is 0.815. The van der Waals surface area contributed by atoms with Gasteiger partial charge in [-0.05, 0) is 11.6 Å². The lowest BCUT2D eigenvalue weighted by Gasteiger charge is -2.13. The minimum atomic E-state index is -4.57. The second kappa shape index (κ2) is 3.83. The van der Waals surface area contributed by atoms with Crippen LogP contribution in [0.3, 0.4) is 0 Å². The third kappa shape index (κ3) is 2.04. The topological polar surface area (TPSA) is 36.0 Å². The maximum Gasteiger partial charge on any atom is 0.414 e. The molecule has 2 aromatic rings. The highest BCUT2D eigenvalue weighted by Gasteiger charge is 2.38. The van der Waals surface area contributed by atoms with E-state index in [1.807, 2.05) is 0 Å². The first-order valence-electron chi connectivity index (χ1n) is 4.78. The summed E-state index contributed by atoms with van der Waals surface area (Å²) in [6, 6.07) is 7.05. The number of aromatic nitrogens is 1. The summed E-state index contributed by atoms with van der Waals surface area (Å²) >= 11 is 0. The Labute approximate surface area is 89.7 Å². The first-order valence-corrected chi connectivity index (χ1v) is 4.78. The molecule has 0 saturated heterocycles. The van der Waals surface area contributed by atoms with E-state index in [0.29, 0.717) is 10.9 Å². The van der Waals surface area contributed by atoms with Gasteiger partial charge < -0.3 is 10.1 Å². The smallest absolute Gasteiger partial charge is 0.383 e. The molecular weight excluding hydrogens is 219 g/mol. The fourth-order valence-electron chi connectivity index (χ4n) is 1.62. The summed E-state index contributed by atoms with van der Waals surface area (Å²) in [5.74, 6) is 0. The zero-order valence-electron chi connectivity index (χ0n) is 8.25. The number of para-hydroxylation sites is 1. The second-order valence-electron chi connectivity index (χ2n) is 3.62. The van der Waals surface area contributed by atoms with Crippen molar-refractivity contribution in [3.8, 4) is 0 Å². The zero-order chi connectivity index (χ0) is 11.8. The van der Waals surface area contributed by atoms with Gasteiger partial charge >= 0.3 is 6.18 Å². The highest BCUT2D eigenvalue weighted by Crippen LogP contribution is 2.26. The van der Waals surface area contributed by atoms with Crippen molar-refractivity contribution in [3.63, 3.8) is 0 Å². The average Bonchev–Trinajstić information content (AvgIpc) is 2.61. The van der Waals surface area contributed by atoms with E-state index in [2.05, 4.69) is 4.98 Å². The third-order valence-corrected chi connectivity index (χ3v) is 2.47. The van der Waals surface area contributed by atoms with Crippen molar-refractivity contribution in [2.45, 2.75) is 18.7 Å². The molecule has 0 spiro atoms. The van der Waals surface area contributed by atoms with Crippen molar-refractivity contribution < 1.29 is 18.3 Å². The van der Waals surface area contributed by atoms with Crippen LogP contribution in [0.2, 0.25) is 0 Å². The van der Waals surface area contributed by atoms with Gasteiger partial charge in [-0.1, -0.05) is 18.2 Å². The maximum absolute atomic E-state index is 12.2. The molecule has 16 heavy (non-hydrogen) atoms. The number of aliphatic hydroxyl groups is 1. The van der Waals surface area contributed by atoms with Crippen molar-refractivity contribution in [1.29, 1.82) is 0 Å². The van der Waals surface area contributed by atoms with E-state index in [9.17, 15) is 13.2 Å². The minimum absolute atomic E-state index is 0.423. The number of alkyl halides is 3. The molecule has 0 aliphatic heterocycles. The van der Waals surface area contributed by atoms with Gasteiger partial charge in [0, 0.05) is 23.5 Å². The van der Waals surface area contributed by atoms with E-state index >= 15 is 0 Å². The van der Waals surface area contributed by atoms with E-state index in [-0.39, 0.29) is 0 Å². The van der Waals surface area contributed by atoms with Gasteiger partial charge in [0.25, 0.3) is 0 Å². The van der Waals surface area contributed by atoms with Gasteiger partial charge in [0.2, 0.25) is 0 Å². The number of rotatable bonds is 2. The van der Waals surface area contributed by atoms with Crippen LogP contribution in [0.5, 0.6) is 0 Å². The Kier molecular flexibility index (Phi) is 2.63. The SMILES string of the molecule is O[C@H](Cc1c[nH]c2ccccc12)C(F)(F)F. The maximum atomic E-state index is 12.2. The molecule has 0 unspecified atom stereocenters. The van der Waals surface area contributed by atoms with Gasteiger partial charge in [-0.25, -0.2) is 0 Å². The Balaban J connectivity index is 2.28. The van der Waals surface area contributed by atoms with Crippen LogP contribution < -0.4 is 0 Å². The Morgan fingerprint density at radius 3 is 2.62 bits per heavy atom. The molecule has 0 saturated carbocycles. The van der Waals surface area contributed by atoms with Crippen LogP contribution in [0.4, 0.5) is 13.2 Å². The number of aromatic amines is 1. The lowest BCUT2D eigenvalue weighted by Crippen LogP contribution is -2.30. The molecule has 5 heteroatoms. The molecule has 0 amide bonds. The molecule has 0 aliphatic carbocycles. The fraction of sp³-hybridized carbons (Fsp3) is 0.273. The molecule has 1 aromatic carbocycles. The molecule has 0 fully saturated rings. The molecule has 1 atom stereocenters. The molecule has 0 bridgehead atoms. The highest BCUT2D eigenvalue weighted by molar-refractivity contribution is 5.83. The Hall–Kier alpha value is -1.49. The van der Waals surface area contributed by atoms with E-state index < -0.39 is 18.7 Å². The first-order chi connectivity index (χ1) is 7.48. The van der Waals surface area contributed by atoms with Gasteiger partial charge in [0.05, 0.1) is 0 Å². The summed E-state index contributed by atoms with van der Waals surface area (Å²) in [5, 5.41) is 9.69. The number of fused-ring (bicyclic) bond motifs is 1. The lowest BCUT2D eigenvalue weighted by molar-refractivity contribution is -0.202. The number of H-pyrrole nitrogens is 1. The Morgan fingerprint density at radius 1 is 1.25 bits per heavy atom. The van der Waals surface area contributed by atoms with Gasteiger partial charge in [0.15, 0.2) is 6.10 Å². The molecule has 1 aromatic heterocycles. The summed E-state index contributed by atoms with van der Waals surface area (Å²) in [5.41, 5.74) is 1.24. The third-order valence-electron chi connectivity index (χ3n) is 2.47. The van der Waals surface area contributed by atoms with Crippen LogP contribution in [0, 0.1) is 0 Å². The standard InChI is InChI=1S/C11H10F3NO/c12-11(13,14)10(16)5-7-6-15-9-4-2-1-3-8(7)9/h1-4,6,10,15-16H,5H2/t10-/m1/s1. The largest absolute Gasteiger partial charge is 0.414 e. The second-order valence-corrected chi connectivity index (χ2v) is 3.62. The van der Waals surface area contributed by atoms with Crippen LogP contribution in [0.25, 0.3) is 10.9 Å². The van der Waals surface area contributed by atoms with Crippen molar-refractivity contribution in [3.05, 3.63) is 36.0 Å². The summed E-state index contributed by atoms with van der Waals surface area (Å²) in [6.45, 7) is 0. The average molecular weight is 229 g/mol. The van der Waals surface area contributed by atoms with Gasteiger partial charge in [-0.2, -0.15) is 13.2 Å². The first kappa shape index (κ1) is 11.0. The van der Waals surface area contributed by atoms with Gasteiger partial charge in [-0.3, -0.25) is 0 Å². The molecule has 2 N–H and O–H groups in total. The van der Waals surface area contributed by atoms with Gasteiger partial charge in [-0.15, -0.1) is 0 Å². The number of nitrogens with one attached hydrogen (secondary N) is 1. The van der Waals surface area contributed by atoms with E-state index in [0.717, 1.165) is 5.52 Å². The highest BCUT2D eigenvalue weighted by atomic mass is 19.4. The predicted octanol–water partition coefficient (Wildman–Crippen LogP) is 2.63. The number of aliphatic hydroxyl groups excluding tert-OH is 1. The summed E-state index contributed by atoms with van der Waals surface area (Å²) in [4.78, 5) is 2.87. The van der Waals surface area contributed by atoms with Gasteiger partial charge in [0.1, 0.15) is 0 Å². The number of halogens is 3. The Morgan fingerprint density at radius 2 is 1.94 bits per heavy atom. The van der Waals surface area contributed by atoms with Crippen molar-refractivity contribution in [2.75, 3.05) is 0 Å². The summed E-state index contributed by atoms with van der Waals surface area (Å²) in [7, 11) is 0. The zero-order valence-corrected chi connectivity index (χ0v) is 8.25. The molecule has 2 rings (SSSR count). The molecule has 86 valence electrons. The van der Waals surface area contributed by atoms with Crippen molar-refractivity contribution in [2.24, 2.45) is 0 Å². The summed E-state index contributed by atoms with van der Waals surface area (Å²) in [6.07, 6.45) is -5.81. The number of benzene rings is 1. The minimum Gasteiger partial charge on any atom is -0.383 e. The number of hydrogen-bond acceptors (Lipinski definition) is 1. The van der Waals surface area contributed by atoms with Crippen LogP contribution in [-0.4, -0.2) is 22.4 Å². The number of hydrogen-bond donors (Lipinski definition) is 2. The molecule has 0 radical (unpaired) electrons. The summed E-state index contributed by atoms with van der Waals surface area (Å²) < 4.78 is 36.5. The Bertz CT molecular complexity index is 489. The lowest BCUT2D eigenvalue weighted by atomic mass is 10.1. The predicted molar refractivity (Wildman–Crippen MR) is 54.1 cm³/mol. The van der Waals surface area contributed by atoms with Crippen LogP contribution in [0.1, 0.15) is 5.56 Å². The van der Waals surface area contributed by atoms with Crippen LogP contribution >= 0.6 is 0 Å². The monoisotopic (exact) mass is 229 g/mol. The molecule has 1 heterocycles. The fourth-order valence-corrected chi connectivity index (χ4v) is 1.62. The molecule has 2 nitrogen and oxygen atoms in total. The van der Waals surface area contributed by atoms with Crippen molar-refractivity contribution in [1.82, 2.24) is 4.98 Å². The molecule has 0 aliphatic rings. The van der Waals surface area contributed by atoms with Crippen molar-refractivity contribution >= 4 is 10.9 Å². The van der Waals surface area contributed by atoms with E-state index in [1.165, 1.54) is 6.20 Å². The van der Waals surface area contributed by atoms with E-state index in [4.69, 9.17) is 5.11 Å². The van der Waals surface area contributed by atoms with Crippen LogP contribution in [0.15, 0.2) is 30.5 Å². The normalized spacial score (nSPS) is 14.2. The molecular formula is C11H10F3NO. The van der Waals surface area contributed by atoms with E-state index in [1.54, 1.807) is 24.3 Å².